The third-order valence-electron chi connectivity index (χ3n) is 4.98. The number of rotatable bonds is 3. The van der Waals surface area contributed by atoms with Gasteiger partial charge >= 0.3 is 0 Å². The summed E-state index contributed by atoms with van der Waals surface area (Å²) in [6.45, 7) is 4.95. The molecule has 1 heterocycles. The molecule has 118 valence electrons. The summed E-state index contributed by atoms with van der Waals surface area (Å²) < 4.78 is 2.14. The van der Waals surface area contributed by atoms with E-state index in [9.17, 15) is 4.79 Å². The van der Waals surface area contributed by atoms with Crippen molar-refractivity contribution >= 4 is 22.7 Å². The molecule has 1 fully saturated rings. The van der Waals surface area contributed by atoms with Crippen molar-refractivity contribution in [2.24, 2.45) is 16.9 Å². The van der Waals surface area contributed by atoms with Crippen molar-refractivity contribution in [2.45, 2.75) is 33.2 Å². The molecular formula is C18H20N4O. The number of carbonyl (C=O) groups is 1. The van der Waals surface area contributed by atoms with Gasteiger partial charge in [0.05, 0.1) is 11.0 Å². The molecule has 1 N–H and O–H groups in total. The number of carbonyl (C=O) groups excluding carboxylic acids is 1. The summed E-state index contributed by atoms with van der Waals surface area (Å²) in [6, 6.07) is 5.64. The number of hydrazone groups is 1. The van der Waals surface area contributed by atoms with Crippen LogP contribution in [0.25, 0.3) is 11.0 Å². The number of nitrogens with one attached hydrogen (secondary N) is 1. The van der Waals surface area contributed by atoms with Gasteiger partial charge in [0, 0.05) is 23.7 Å². The zero-order valence-electron chi connectivity index (χ0n) is 13.4. The third kappa shape index (κ3) is 2.27. The number of fused-ring (bicyclic) bond motifs is 2. The summed E-state index contributed by atoms with van der Waals surface area (Å²) in [4.78, 5) is 16.8. The monoisotopic (exact) mass is 308 g/mol. The van der Waals surface area contributed by atoms with Crippen molar-refractivity contribution in [1.82, 2.24) is 15.0 Å². The van der Waals surface area contributed by atoms with E-state index in [-0.39, 0.29) is 5.91 Å². The molecule has 2 atom stereocenters. The predicted octanol–water partition coefficient (Wildman–Crippen LogP) is 3.05. The van der Waals surface area contributed by atoms with Gasteiger partial charge in [-0.15, -0.1) is 0 Å². The van der Waals surface area contributed by atoms with E-state index in [1.54, 1.807) is 0 Å². The van der Waals surface area contributed by atoms with Crippen LogP contribution in [0.15, 0.2) is 35.5 Å². The van der Waals surface area contributed by atoms with E-state index < -0.39 is 0 Å². The summed E-state index contributed by atoms with van der Waals surface area (Å²) >= 11 is 0. The van der Waals surface area contributed by atoms with Crippen LogP contribution < -0.4 is 5.43 Å². The summed E-state index contributed by atoms with van der Waals surface area (Å²) in [5, 5.41) is 4.32. The third-order valence-corrected chi connectivity index (χ3v) is 4.98. The molecule has 2 aromatic rings. The van der Waals surface area contributed by atoms with Gasteiger partial charge in [0.15, 0.2) is 0 Å². The molecule has 0 spiro atoms. The number of allylic oxidation sites excluding steroid dienone is 2. The minimum Gasteiger partial charge on any atom is -0.329 e. The van der Waals surface area contributed by atoms with E-state index in [1.165, 1.54) is 0 Å². The number of aryl methyl sites for hydroxylation is 2. The summed E-state index contributed by atoms with van der Waals surface area (Å²) in [5.41, 5.74) is 6.33. The fourth-order valence-electron chi connectivity index (χ4n) is 3.64. The van der Waals surface area contributed by atoms with Crippen molar-refractivity contribution in [3.05, 3.63) is 41.7 Å². The van der Waals surface area contributed by atoms with Gasteiger partial charge in [0.2, 0.25) is 0 Å². The Kier molecular flexibility index (Phi) is 3.29. The van der Waals surface area contributed by atoms with E-state index >= 15 is 0 Å². The Morgan fingerprint density at radius 2 is 2.35 bits per heavy atom. The normalized spacial score (nSPS) is 24.0. The molecule has 2 aliphatic carbocycles. The maximum atomic E-state index is 12.3. The van der Waals surface area contributed by atoms with Gasteiger partial charge in [-0.25, -0.2) is 10.4 Å². The van der Waals surface area contributed by atoms with E-state index in [1.807, 2.05) is 25.1 Å². The molecular weight excluding hydrogens is 288 g/mol. The lowest BCUT2D eigenvalue weighted by Crippen LogP contribution is -2.35. The fraction of sp³-hybridized carbons (Fsp3) is 0.389. The Bertz CT molecular complexity index is 846. The maximum absolute atomic E-state index is 12.3. The van der Waals surface area contributed by atoms with Crippen molar-refractivity contribution in [3.63, 3.8) is 0 Å². The average Bonchev–Trinajstić information content (AvgIpc) is 3.05. The molecule has 2 aliphatic rings. The number of aromatic nitrogens is 2. The van der Waals surface area contributed by atoms with Crippen molar-refractivity contribution in [1.29, 1.82) is 0 Å². The Morgan fingerprint density at radius 1 is 1.48 bits per heavy atom. The topological polar surface area (TPSA) is 59.3 Å². The number of hydrogen-bond acceptors (Lipinski definition) is 3. The molecule has 5 heteroatoms. The first kappa shape index (κ1) is 14.2. The second-order valence-electron chi connectivity index (χ2n) is 6.29. The number of nitrogens with zero attached hydrogens (tertiary/aromatic N) is 3. The molecule has 0 aliphatic heterocycles. The van der Waals surface area contributed by atoms with E-state index in [2.05, 4.69) is 39.2 Å². The Hall–Kier alpha value is -2.43. The first-order valence-corrected chi connectivity index (χ1v) is 8.17. The first-order valence-electron chi connectivity index (χ1n) is 8.17. The largest absolute Gasteiger partial charge is 0.329 e. The highest BCUT2D eigenvalue weighted by atomic mass is 16.2. The number of benzene rings is 1. The van der Waals surface area contributed by atoms with Crippen molar-refractivity contribution in [3.8, 4) is 0 Å². The standard InChI is InChI=1S/C18H20N4O/c1-3-22-11(2)19-16-10-13(7-8-17(16)22)18(23)21-20-15-9-12-5-4-6-14(12)15/h4-5,7-8,10,12,14H,3,6,9H2,1-2H3,(H,21,23)/b20-15-/t12-,14+/m1/s1. The van der Waals surface area contributed by atoms with Gasteiger partial charge in [-0.2, -0.15) is 5.10 Å². The van der Waals surface area contributed by atoms with E-state index in [0.29, 0.717) is 17.4 Å². The molecule has 5 nitrogen and oxygen atoms in total. The highest BCUT2D eigenvalue weighted by Crippen LogP contribution is 2.40. The SMILES string of the molecule is CCn1c(C)nc2cc(C(=O)N/N=C3/C[C@H]4C=CC[C@H]34)ccc21. The van der Waals surface area contributed by atoms with Crippen LogP contribution in [-0.2, 0) is 6.54 Å². The Balaban J connectivity index is 1.52. The molecule has 1 aromatic carbocycles. The lowest BCUT2D eigenvalue weighted by atomic mass is 9.74. The van der Waals surface area contributed by atoms with Crippen LogP contribution in [0.2, 0.25) is 0 Å². The van der Waals surface area contributed by atoms with Crippen LogP contribution in [0.1, 0.15) is 35.9 Å². The lowest BCUT2D eigenvalue weighted by molar-refractivity contribution is 0.0954. The second kappa shape index (κ2) is 5.33. The van der Waals surface area contributed by atoms with Crippen LogP contribution in [0.3, 0.4) is 0 Å². The van der Waals surface area contributed by atoms with Gasteiger partial charge in [0.1, 0.15) is 5.82 Å². The molecule has 1 saturated carbocycles. The van der Waals surface area contributed by atoms with Gasteiger partial charge < -0.3 is 4.57 Å². The number of amides is 1. The highest BCUT2D eigenvalue weighted by Gasteiger charge is 2.38. The summed E-state index contributed by atoms with van der Waals surface area (Å²) in [5.74, 6) is 1.95. The van der Waals surface area contributed by atoms with Crippen LogP contribution in [0.5, 0.6) is 0 Å². The van der Waals surface area contributed by atoms with E-state index in [0.717, 1.165) is 42.0 Å². The van der Waals surface area contributed by atoms with Gasteiger partial charge in [-0.05, 0) is 50.8 Å². The van der Waals surface area contributed by atoms with Gasteiger partial charge in [-0.1, -0.05) is 12.2 Å². The van der Waals surface area contributed by atoms with Gasteiger partial charge in [0.25, 0.3) is 5.91 Å². The summed E-state index contributed by atoms with van der Waals surface area (Å²) in [6.07, 6.45) is 6.49. The maximum Gasteiger partial charge on any atom is 0.271 e. The molecule has 23 heavy (non-hydrogen) atoms. The van der Waals surface area contributed by atoms with Crippen LogP contribution in [0.4, 0.5) is 0 Å². The Labute approximate surface area is 135 Å². The minimum absolute atomic E-state index is 0.169. The van der Waals surface area contributed by atoms with Gasteiger partial charge in [-0.3, -0.25) is 4.79 Å². The second-order valence-corrected chi connectivity index (χ2v) is 6.29. The molecule has 0 radical (unpaired) electrons. The predicted molar refractivity (Wildman–Crippen MR) is 90.4 cm³/mol. The van der Waals surface area contributed by atoms with Crippen LogP contribution >= 0.6 is 0 Å². The quantitative estimate of drug-likeness (QED) is 0.700. The number of hydrogen-bond donors (Lipinski definition) is 1. The number of imidazole rings is 1. The van der Waals surface area contributed by atoms with E-state index in [4.69, 9.17) is 0 Å². The molecule has 0 unspecified atom stereocenters. The molecule has 1 aromatic heterocycles. The Morgan fingerprint density at radius 3 is 3.13 bits per heavy atom. The molecule has 0 saturated heterocycles. The zero-order valence-corrected chi connectivity index (χ0v) is 13.4. The zero-order chi connectivity index (χ0) is 16.0. The summed E-state index contributed by atoms with van der Waals surface area (Å²) in [7, 11) is 0. The average molecular weight is 308 g/mol. The molecule has 0 bridgehead atoms. The highest BCUT2D eigenvalue weighted by molar-refractivity contribution is 5.99. The fourth-order valence-corrected chi connectivity index (χ4v) is 3.64. The van der Waals surface area contributed by atoms with Crippen molar-refractivity contribution in [2.75, 3.05) is 0 Å². The molecule has 4 rings (SSSR count). The first-order chi connectivity index (χ1) is 11.2. The van der Waals surface area contributed by atoms with Crippen molar-refractivity contribution < 1.29 is 4.79 Å². The smallest absolute Gasteiger partial charge is 0.271 e. The van der Waals surface area contributed by atoms with Crippen LogP contribution in [0, 0.1) is 18.8 Å². The molecule has 1 amide bonds. The minimum atomic E-state index is -0.169. The van der Waals surface area contributed by atoms with Crippen LogP contribution in [-0.4, -0.2) is 21.2 Å². The lowest BCUT2D eigenvalue weighted by Gasteiger charge is -2.31.